The van der Waals surface area contributed by atoms with Crippen molar-refractivity contribution < 1.29 is 0 Å². The van der Waals surface area contributed by atoms with Crippen LogP contribution in [0.4, 0.5) is 0 Å². The molecule has 94 valence electrons. The average Bonchev–Trinajstić information content (AvgIpc) is 2.45. The minimum Gasteiger partial charge on any atom is -0.310 e. The molecule has 0 radical (unpaired) electrons. The molecule has 0 aromatic carbocycles. The molecule has 1 unspecified atom stereocenters. The zero-order valence-corrected chi connectivity index (χ0v) is 10.7. The SMILES string of the molecule is CCCNC(Cc1ccccn1)c1cccnc1. The van der Waals surface area contributed by atoms with E-state index in [1.807, 2.05) is 30.6 Å². The highest BCUT2D eigenvalue weighted by atomic mass is 14.9. The standard InChI is InChI=1S/C15H19N3/c1-2-8-18-15(13-6-5-9-16-12-13)11-14-7-3-4-10-17-14/h3-7,9-10,12,15,18H,2,8,11H2,1H3. The molecule has 3 heteroatoms. The van der Waals surface area contributed by atoms with Gasteiger partial charge < -0.3 is 5.32 Å². The van der Waals surface area contributed by atoms with E-state index < -0.39 is 0 Å². The number of hydrogen-bond donors (Lipinski definition) is 1. The van der Waals surface area contributed by atoms with E-state index in [-0.39, 0.29) is 6.04 Å². The van der Waals surface area contributed by atoms with Crippen LogP contribution in [0.2, 0.25) is 0 Å². The Morgan fingerprint density at radius 1 is 1.17 bits per heavy atom. The van der Waals surface area contributed by atoms with E-state index in [0.717, 1.165) is 25.1 Å². The Morgan fingerprint density at radius 3 is 2.78 bits per heavy atom. The summed E-state index contributed by atoms with van der Waals surface area (Å²) in [5.41, 5.74) is 2.33. The second-order valence-corrected chi connectivity index (χ2v) is 4.32. The van der Waals surface area contributed by atoms with Gasteiger partial charge in [-0.2, -0.15) is 0 Å². The second-order valence-electron chi connectivity index (χ2n) is 4.32. The maximum Gasteiger partial charge on any atom is 0.0422 e. The highest BCUT2D eigenvalue weighted by molar-refractivity contribution is 5.17. The van der Waals surface area contributed by atoms with Gasteiger partial charge >= 0.3 is 0 Å². The lowest BCUT2D eigenvalue weighted by molar-refractivity contribution is 0.523. The molecule has 0 amide bonds. The molecule has 0 fully saturated rings. The average molecular weight is 241 g/mol. The van der Waals surface area contributed by atoms with E-state index in [2.05, 4.69) is 34.3 Å². The van der Waals surface area contributed by atoms with Gasteiger partial charge in [0.1, 0.15) is 0 Å². The summed E-state index contributed by atoms with van der Waals surface area (Å²) in [5.74, 6) is 0. The van der Waals surface area contributed by atoms with E-state index in [9.17, 15) is 0 Å². The van der Waals surface area contributed by atoms with Gasteiger partial charge in [0.05, 0.1) is 0 Å². The molecular weight excluding hydrogens is 222 g/mol. The molecular formula is C15H19N3. The molecule has 2 aromatic rings. The fourth-order valence-corrected chi connectivity index (χ4v) is 1.94. The van der Waals surface area contributed by atoms with Crippen molar-refractivity contribution in [3.63, 3.8) is 0 Å². The number of hydrogen-bond acceptors (Lipinski definition) is 3. The molecule has 0 aliphatic rings. The lowest BCUT2D eigenvalue weighted by Crippen LogP contribution is -2.24. The van der Waals surface area contributed by atoms with Crippen LogP contribution in [-0.2, 0) is 6.42 Å². The smallest absolute Gasteiger partial charge is 0.0422 e. The third-order valence-electron chi connectivity index (χ3n) is 2.87. The molecule has 2 rings (SSSR count). The number of pyridine rings is 2. The topological polar surface area (TPSA) is 37.8 Å². The Kier molecular flexibility index (Phi) is 4.85. The summed E-state index contributed by atoms with van der Waals surface area (Å²) in [6, 6.07) is 10.4. The molecule has 0 bridgehead atoms. The van der Waals surface area contributed by atoms with Crippen LogP contribution >= 0.6 is 0 Å². The molecule has 1 atom stereocenters. The maximum atomic E-state index is 4.39. The van der Waals surface area contributed by atoms with E-state index in [1.54, 1.807) is 6.20 Å². The first-order chi connectivity index (χ1) is 8.90. The van der Waals surface area contributed by atoms with E-state index in [4.69, 9.17) is 0 Å². The first kappa shape index (κ1) is 12.7. The highest BCUT2D eigenvalue weighted by Gasteiger charge is 2.11. The first-order valence-electron chi connectivity index (χ1n) is 6.43. The quantitative estimate of drug-likeness (QED) is 0.845. The van der Waals surface area contributed by atoms with Crippen molar-refractivity contribution in [3.8, 4) is 0 Å². The fraction of sp³-hybridized carbons (Fsp3) is 0.333. The monoisotopic (exact) mass is 241 g/mol. The molecule has 1 N–H and O–H groups in total. The molecule has 0 aliphatic heterocycles. The largest absolute Gasteiger partial charge is 0.310 e. The Bertz CT molecular complexity index is 442. The van der Waals surface area contributed by atoms with Crippen LogP contribution in [0, 0.1) is 0 Å². The van der Waals surface area contributed by atoms with Crippen molar-refractivity contribution in [3.05, 3.63) is 60.2 Å². The number of rotatable bonds is 6. The summed E-state index contributed by atoms with van der Waals surface area (Å²) in [4.78, 5) is 8.59. The molecule has 0 saturated heterocycles. The molecule has 0 saturated carbocycles. The van der Waals surface area contributed by atoms with Crippen LogP contribution < -0.4 is 5.32 Å². The van der Waals surface area contributed by atoms with Gasteiger partial charge in [0.2, 0.25) is 0 Å². The third-order valence-corrected chi connectivity index (χ3v) is 2.87. The molecule has 3 nitrogen and oxygen atoms in total. The van der Waals surface area contributed by atoms with Crippen LogP contribution in [0.3, 0.4) is 0 Å². The van der Waals surface area contributed by atoms with E-state index in [0.29, 0.717) is 0 Å². The highest BCUT2D eigenvalue weighted by Crippen LogP contribution is 2.16. The van der Waals surface area contributed by atoms with Crippen LogP contribution in [0.15, 0.2) is 48.9 Å². The lowest BCUT2D eigenvalue weighted by Gasteiger charge is -2.18. The van der Waals surface area contributed by atoms with Crippen LogP contribution in [0.5, 0.6) is 0 Å². The van der Waals surface area contributed by atoms with E-state index in [1.165, 1.54) is 5.56 Å². The van der Waals surface area contributed by atoms with Gasteiger partial charge in [-0.05, 0) is 36.7 Å². The third kappa shape index (κ3) is 3.64. The summed E-state index contributed by atoms with van der Waals surface area (Å²) >= 11 is 0. The zero-order chi connectivity index (χ0) is 12.6. The van der Waals surface area contributed by atoms with Crippen LogP contribution in [0.1, 0.15) is 30.6 Å². The maximum absolute atomic E-state index is 4.39. The Morgan fingerprint density at radius 2 is 2.11 bits per heavy atom. The summed E-state index contributed by atoms with van der Waals surface area (Å²) < 4.78 is 0. The Hall–Kier alpha value is -1.74. The first-order valence-corrected chi connectivity index (χ1v) is 6.43. The molecule has 0 spiro atoms. The normalized spacial score (nSPS) is 12.3. The summed E-state index contributed by atoms with van der Waals surface area (Å²) in [6.07, 6.45) is 7.60. The van der Waals surface area contributed by atoms with Crippen molar-refractivity contribution in [2.75, 3.05) is 6.54 Å². The summed E-state index contributed by atoms with van der Waals surface area (Å²) in [6.45, 7) is 3.18. The summed E-state index contributed by atoms with van der Waals surface area (Å²) in [5, 5.41) is 3.55. The number of aromatic nitrogens is 2. The van der Waals surface area contributed by atoms with Gasteiger partial charge in [-0.3, -0.25) is 9.97 Å². The van der Waals surface area contributed by atoms with Gasteiger partial charge in [-0.25, -0.2) is 0 Å². The predicted octanol–water partition coefficient (Wildman–Crippen LogP) is 2.76. The Labute approximate surface area is 108 Å². The van der Waals surface area contributed by atoms with Gasteiger partial charge in [0, 0.05) is 36.7 Å². The molecule has 18 heavy (non-hydrogen) atoms. The van der Waals surface area contributed by atoms with Crippen LogP contribution in [-0.4, -0.2) is 16.5 Å². The number of nitrogens with one attached hydrogen (secondary N) is 1. The van der Waals surface area contributed by atoms with Gasteiger partial charge in [0.15, 0.2) is 0 Å². The molecule has 0 aliphatic carbocycles. The van der Waals surface area contributed by atoms with Gasteiger partial charge in [-0.15, -0.1) is 0 Å². The second kappa shape index (κ2) is 6.87. The van der Waals surface area contributed by atoms with Crippen molar-refractivity contribution in [1.29, 1.82) is 0 Å². The molecule has 2 aromatic heterocycles. The van der Waals surface area contributed by atoms with Crippen molar-refractivity contribution in [1.82, 2.24) is 15.3 Å². The van der Waals surface area contributed by atoms with Crippen molar-refractivity contribution >= 4 is 0 Å². The van der Waals surface area contributed by atoms with Crippen molar-refractivity contribution in [2.24, 2.45) is 0 Å². The van der Waals surface area contributed by atoms with Crippen LogP contribution in [0.25, 0.3) is 0 Å². The summed E-state index contributed by atoms with van der Waals surface area (Å²) in [7, 11) is 0. The van der Waals surface area contributed by atoms with Gasteiger partial charge in [0.25, 0.3) is 0 Å². The van der Waals surface area contributed by atoms with E-state index >= 15 is 0 Å². The Balaban J connectivity index is 2.10. The predicted molar refractivity (Wildman–Crippen MR) is 73.2 cm³/mol. The van der Waals surface area contributed by atoms with Gasteiger partial charge in [-0.1, -0.05) is 19.1 Å². The minimum absolute atomic E-state index is 0.286. The number of nitrogens with zero attached hydrogens (tertiary/aromatic N) is 2. The lowest BCUT2D eigenvalue weighted by atomic mass is 10.0. The zero-order valence-electron chi connectivity index (χ0n) is 10.7. The van der Waals surface area contributed by atoms with Crippen molar-refractivity contribution in [2.45, 2.75) is 25.8 Å². The molecule has 2 heterocycles. The fourth-order valence-electron chi connectivity index (χ4n) is 1.94. The minimum atomic E-state index is 0.286.